The van der Waals surface area contributed by atoms with Crippen molar-refractivity contribution in [3.8, 4) is 0 Å². The molecule has 0 fully saturated rings. The lowest BCUT2D eigenvalue weighted by molar-refractivity contribution is 0.498. The average molecular weight is 189 g/mol. The molecule has 0 saturated heterocycles. The number of aromatic nitrogens is 2. The van der Waals surface area contributed by atoms with E-state index in [0.29, 0.717) is 10.8 Å². The fourth-order valence-electron chi connectivity index (χ4n) is 1.09. The lowest BCUT2D eigenvalue weighted by Gasteiger charge is -2.11. The SMILES string of the molecule is FN(c1ccccc1)c1ccncn1. The molecule has 4 heteroatoms. The summed E-state index contributed by atoms with van der Waals surface area (Å²) in [6.45, 7) is 0. The summed E-state index contributed by atoms with van der Waals surface area (Å²) in [5.41, 5.74) is 0.450. The van der Waals surface area contributed by atoms with Gasteiger partial charge in [-0.3, -0.25) is 0 Å². The minimum atomic E-state index is 0.228. The zero-order valence-electron chi connectivity index (χ0n) is 7.34. The Labute approximate surface area is 80.8 Å². The zero-order valence-corrected chi connectivity index (χ0v) is 7.34. The molecule has 2 rings (SSSR count). The van der Waals surface area contributed by atoms with Crippen LogP contribution in [0.1, 0.15) is 0 Å². The van der Waals surface area contributed by atoms with E-state index < -0.39 is 0 Å². The molecule has 0 radical (unpaired) electrons. The molecule has 0 aliphatic carbocycles. The van der Waals surface area contributed by atoms with Gasteiger partial charge in [-0.15, -0.1) is 0 Å². The van der Waals surface area contributed by atoms with E-state index in [1.54, 1.807) is 24.3 Å². The van der Waals surface area contributed by atoms with Gasteiger partial charge in [0.25, 0.3) is 0 Å². The summed E-state index contributed by atoms with van der Waals surface area (Å²) in [5.74, 6) is 0.228. The first-order valence-electron chi connectivity index (χ1n) is 4.15. The molecule has 2 aromatic rings. The molecule has 0 unspecified atom stereocenters. The Morgan fingerprint density at radius 1 is 1.07 bits per heavy atom. The predicted octanol–water partition coefficient (Wildman–Crippen LogP) is 2.50. The topological polar surface area (TPSA) is 29.0 Å². The van der Waals surface area contributed by atoms with Crippen LogP contribution >= 0.6 is 0 Å². The van der Waals surface area contributed by atoms with Crippen molar-refractivity contribution in [1.82, 2.24) is 9.97 Å². The Morgan fingerprint density at radius 2 is 1.86 bits per heavy atom. The van der Waals surface area contributed by atoms with E-state index in [9.17, 15) is 4.48 Å². The molecule has 0 aliphatic rings. The quantitative estimate of drug-likeness (QED) is 0.679. The molecular weight excluding hydrogens is 181 g/mol. The van der Waals surface area contributed by atoms with E-state index in [1.165, 1.54) is 18.6 Å². The third kappa shape index (κ3) is 1.69. The minimum absolute atomic E-state index is 0.228. The molecule has 3 nitrogen and oxygen atoms in total. The predicted molar refractivity (Wildman–Crippen MR) is 51.7 cm³/mol. The highest BCUT2D eigenvalue weighted by molar-refractivity contribution is 5.55. The van der Waals surface area contributed by atoms with Gasteiger partial charge in [0.1, 0.15) is 6.33 Å². The van der Waals surface area contributed by atoms with Crippen molar-refractivity contribution >= 4 is 11.5 Å². The van der Waals surface area contributed by atoms with Gasteiger partial charge in [-0.05, 0) is 12.1 Å². The maximum atomic E-state index is 13.6. The minimum Gasteiger partial charge on any atom is -0.245 e. The molecule has 0 bridgehead atoms. The highest BCUT2D eigenvalue weighted by Gasteiger charge is 2.07. The van der Waals surface area contributed by atoms with Crippen LogP contribution in [0.3, 0.4) is 0 Å². The molecule has 1 aromatic carbocycles. The normalized spacial score (nSPS) is 9.79. The number of hydrogen-bond donors (Lipinski definition) is 0. The largest absolute Gasteiger partial charge is 0.245 e. The van der Waals surface area contributed by atoms with Crippen LogP contribution in [0, 0.1) is 0 Å². The Morgan fingerprint density at radius 3 is 2.50 bits per heavy atom. The number of rotatable bonds is 2. The van der Waals surface area contributed by atoms with Crippen molar-refractivity contribution in [2.24, 2.45) is 0 Å². The van der Waals surface area contributed by atoms with E-state index >= 15 is 0 Å². The monoisotopic (exact) mass is 189 g/mol. The van der Waals surface area contributed by atoms with Crippen molar-refractivity contribution < 1.29 is 4.48 Å². The molecular formula is C10H8FN3. The second kappa shape index (κ2) is 3.83. The first kappa shape index (κ1) is 8.62. The maximum absolute atomic E-state index is 13.6. The lowest BCUT2D eigenvalue weighted by Crippen LogP contribution is -2.04. The summed E-state index contributed by atoms with van der Waals surface area (Å²) in [4.78, 5) is 7.51. The van der Waals surface area contributed by atoms with Gasteiger partial charge in [-0.25, -0.2) is 9.97 Å². The second-order valence-electron chi connectivity index (χ2n) is 2.68. The zero-order chi connectivity index (χ0) is 9.80. The molecule has 0 saturated carbocycles. The Bertz CT molecular complexity index is 351. The standard InChI is InChI=1S/C10H8FN3/c11-14(9-4-2-1-3-5-9)10-6-7-12-8-13-10/h1-8H. The number of halogens is 1. The van der Waals surface area contributed by atoms with Crippen LogP contribution in [-0.4, -0.2) is 9.97 Å². The number of anilines is 2. The molecule has 70 valence electrons. The van der Waals surface area contributed by atoms with Gasteiger partial charge in [-0.1, -0.05) is 22.7 Å². The number of benzene rings is 1. The van der Waals surface area contributed by atoms with Crippen LogP contribution in [-0.2, 0) is 0 Å². The van der Waals surface area contributed by atoms with E-state index in [2.05, 4.69) is 9.97 Å². The van der Waals surface area contributed by atoms with Crippen molar-refractivity contribution in [2.45, 2.75) is 0 Å². The third-order valence-electron chi connectivity index (χ3n) is 1.75. The van der Waals surface area contributed by atoms with Crippen molar-refractivity contribution in [3.63, 3.8) is 0 Å². The molecule has 0 N–H and O–H groups in total. The highest BCUT2D eigenvalue weighted by Crippen LogP contribution is 2.22. The maximum Gasteiger partial charge on any atom is 0.166 e. The summed E-state index contributed by atoms with van der Waals surface area (Å²) in [7, 11) is 0. The fourth-order valence-corrected chi connectivity index (χ4v) is 1.09. The molecule has 1 heterocycles. The van der Waals surface area contributed by atoms with Gasteiger partial charge < -0.3 is 0 Å². The highest BCUT2D eigenvalue weighted by atomic mass is 19.2. The third-order valence-corrected chi connectivity index (χ3v) is 1.75. The summed E-state index contributed by atoms with van der Waals surface area (Å²) in [6.07, 6.45) is 2.81. The van der Waals surface area contributed by atoms with Gasteiger partial charge in [0.15, 0.2) is 5.82 Å². The molecule has 0 amide bonds. The first-order chi connectivity index (χ1) is 6.88. The summed E-state index contributed by atoms with van der Waals surface area (Å²) in [6, 6.07) is 10.2. The van der Waals surface area contributed by atoms with Crippen molar-refractivity contribution in [2.75, 3.05) is 5.12 Å². The molecule has 0 spiro atoms. The van der Waals surface area contributed by atoms with Gasteiger partial charge in [0.2, 0.25) is 0 Å². The number of hydrogen-bond acceptors (Lipinski definition) is 3. The summed E-state index contributed by atoms with van der Waals surface area (Å²) >= 11 is 0. The van der Waals surface area contributed by atoms with Crippen LogP contribution in [0.2, 0.25) is 0 Å². The van der Waals surface area contributed by atoms with Gasteiger partial charge in [0.05, 0.1) is 5.69 Å². The van der Waals surface area contributed by atoms with Gasteiger partial charge in [0, 0.05) is 12.3 Å². The van der Waals surface area contributed by atoms with Crippen molar-refractivity contribution in [1.29, 1.82) is 0 Å². The van der Waals surface area contributed by atoms with E-state index in [1.807, 2.05) is 6.07 Å². The van der Waals surface area contributed by atoms with E-state index in [-0.39, 0.29) is 5.82 Å². The molecule has 14 heavy (non-hydrogen) atoms. The average Bonchev–Trinajstić information content (AvgIpc) is 2.30. The van der Waals surface area contributed by atoms with E-state index in [4.69, 9.17) is 0 Å². The van der Waals surface area contributed by atoms with Crippen LogP contribution in [0.15, 0.2) is 48.9 Å². The summed E-state index contributed by atoms with van der Waals surface area (Å²) < 4.78 is 13.6. The van der Waals surface area contributed by atoms with Crippen LogP contribution in [0.5, 0.6) is 0 Å². The smallest absolute Gasteiger partial charge is 0.166 e. The van der Waals surface area contributed by atoms with E-state index in [0.717, 1.165) is 0 Å². The summed E-state index contributed by atoms with van der Waals surface area (Å²) in [5, 5.41) is 0.516. The Balaban J connectivity index is 2.30. The number of para-hydroxylation sites is 1. The van der Waals surface area contributed by atoms with Crippen molar-refractivity contribution in [3.05, 3.63) is 48.9 Å². The molecule has 0 aliphatic heterocycles. The molecule has 1 aromatic heterocycles. The lowest BCUT2D eigenvalue weighted by atomic mass is 10.3. The second-order valence-corrected chi connectivity index (χ2v) is 2.68. The van der Waals surface area contributed by atoms with Crippen LogP contribution in [0.25, 0.3) is 0 Å². The first-order valence-corrected chi connectivity index (χ1v) is 4.15. The van der Waals surface area contributed by atoms with Crippen LogP contribution in [0.4, 0.5) is 16.0 Å². The molecule has 0 atom stereocenters. The van der Waals surface area contributed by atoms with Gasteiger partial charge >= 0.3 is 0 Å². The Kier molecular flexibility index (Phi) is 2.36. The van der Waals surface area contributed by atoms with Crippen LogP contribution < -0.4 is 5.12 Å². The Hall–Kier alpha value is -1.97. The number of nitrogens with zero attached hydrogens (tertiary/aromatic N) is 3. The fraction of sp³-hybridized carbons (Fsp3) is 0. The van der Waals surface area contributed by atoms with Gasteiger partial charge in [-0.2, -0.15) is 5.12 Å².